The summed E-state index contributed by atoms with van der Waals surface area (Å²) in [6, 6.07) is 0.192. The van der Waals surface area contributed by atoms with Gasteiger partial charge in [0.1, 0.15) is 0 Å². The average Bonchev–Trinajstić information content (AvgIpc) is 2.72. The Morgan fingerprint density at radius 2 is 1.88 bits per heavy atom. The molecule has 5 heteroatoms. The smallest absolute Gasteiger partial charge is 0.315 e. The molecule has 2 amide bonds. The van der Waals surface area contributed by atoms with E-state index in [0.29, 0.717) is 24.8 Å². The molecule has 0 aromatic rings. The first-order chi connectivity index (χ1) is 7.56. The Morgan fingerprint density at radius 3 is 2.38 bits per heavy atom. The Morgan fingerprint density at radius 1 is 1.19 bits per heavy atom. The van der Waals surface area contributed by atoms with E-state index in [4.69, 9.17) is 5.11 Å². The van der Waals surface area contributed by atoms with Crippen molar-refractivity contribution < 1.29 is 14.7 Å². The summed E-state index contributed by atoms with van der Waals surface area (Å²) < 4.78 is 0. The zero-order valence-electron chi connectivity index (χ0n) is 9.40. The van der Waals surface area contributed by atoms with Gasteiger partial charge in [-0.2, -0.15) is 0 Å². The van der Waals surface area contributed by atoms with Crippen LogP contribution in [0.25, 0.3) is 0 Å². The van der Waals surface area contributed by atoms with Crippen LogP contribution in [-0.4, -0.2) is 29.2 Å². The van der Waals surface area contributed by atoms with Gasteiger partial charge in [-0.15, -0.1) is 0 Å². The highest BCUT2D eigenvalue weighted by Crippen LogP contribution is 2.29. The summed E-state index contributed by atoms with van der Waals surface area (Å²) in [5, 5.41) is 14.5. The highest BCUT2D eigenvalue weighted by Gasteiger charge is 2.35. The van der Waals surface area contributed by atoms with Gasteiger partial charge >= 0.3 is 12.0 Å². The minimum Gasteiger partial charge on any atom is -0.481 e. The molecule has 2 saturated carbocycles. The van der Waals surface area contributed by atoms with Gasteiger partial charge in [0.2, 0.25) is 0 Å². The van der Waals surface area contributed by atoms with Gasteiger partial charge in [0, 0.05) is 12.1 Å². The van der Waals surface area contributed by atoms with E-state index in [9.17, 15) is 9.59 Å². The number of rotatable bonds is 3. The number of aliphatic carboxylic acids is 1. The molecule has 16 heavy (non-hydrogen) atoms. The van der Waals surface area contributed by atoms with Crippen LogP contribution in [0.3, 0.4) is 0 Å². The third kappa shape index (κ3) is 2.65. The van der Waals surface area contributed by atoms with E-state index in [0.717, 1.165) is 12.8 Å². The monoisotopic (exact) mass is 226 g/mol. The number of hydrogen-bond acceptors (Lipinski definition) is 2. The van der Waals surface area contributed by atoms with E-state index in [1.807, 2.05) is 0 Å². The Bertz CT molecular complexity index is 306. The van der Waals surface area contributed by atoms with E-state index < -0.39 is 5.97 Å². The SMILES string of the molecule is CC1CC1NC(=O)NC1CCC(C(=O)O)C1. The first-order valence-corrected chi connectivity index (χ1v) is 5.86. The van der Waals surface area contributed by atoms with Crippen LogP contribution in [0.5, 0.6) is 0 Å². The van der Waals surface area contributed by atoms with Gasteiger partial charge in [0.05, 0.1) is 5.92 Å². The van der Waals surface area contributed by atoms with Crippen LogP contribution in [0.4, 0.5) is 4.79 Å². The second kappa shape index (κ2) is 4.31. The Balaban J connectivity index is 1.70. The number of carboxylic acid groups (broad SMARTS) is 1. The number of hydrogen-bond donors (Lipinski definition) is 3. The molecule has 2 aliphatic rings. The number of nitrogens with one attached hydrogen (secondary N) is 2. The molecule has 0 spiro atoms. The largest absolute Gasteiger partial charge is 0.481 e. The molecule has 0 saturated heterocycles. The zero-order valence-corrected chi connectivity index (χ0v) is 9.40. The molecule has 0 aromatic carbocycles. The normalized spacial score (nSPS) is 36.8. The van der Waals surface area contributed by atoms with E-state index in [2.05, 4.69) is 17.6 Å². The maximum atomic E-state index is 11.5. The van der Waals surface area contributed by atoms with Crippen LogP contribution in [-0.2, 0) is 4.79 Å². The summed E-state index contributed by atoms with van der Waals surface area (Å²) in [5.74, 6) is -0.452. The maximum absolute atomic E-state index is 11.5. The van der Waals surface area contributed by atoms with Crippen LogP contribution >= 0.6 is 0 Å². The fourth-order valence-corrected chi connectivity index (χ4v) is 2.26. The first-order valence-electron chi connectivity index (χ1n) is 5.86. The van der Waals surface area contributed by atoms with E-state index in [1.165, 1.54) is 0 Å². The third-order valence-electron chi connectivity index (χ3n) is 3.54. The van der Waals surface area contributed by atoms with E-state index in [1.54, 1.807) is 0 Å². The zero-order chi connectivity index (χ0) is 11.7. The second-order valence-electron chi connectivity index (χ2n) is 4.98. The number of carbonyl (C=O) groups excluding carboxylic acids is 1. The van der Waals surface area contributed by atoms with Crippen LogP contribution in [0, 0.1) is 11.8 Å². The third-order valence-corrected chi connectivity index (χ3v) is 3.54. The lowest BCUT2D eigenvalue weighted by molar-refractivity contribution is -0.141. The highest BCUT2D eigenvalue weighted by atomic mass is 16.4. The number of urea groups is 1. The summed E-state index contributed by atoms with van der Waals surface area (Å²) in [7, 11) is 0. The quantitative estimate of drug-likeness (QED) is 0.670. The fraction of sp³-hybridized carbons (Fsp3) is 0.818. The minimum absolute atomic E-state index is 0.0233. The number of amides is 2. The Hall–Kier alpha value is -1.26. The van der Waals surface area contributed by atoms with E-state index in [-0.39, 0.29) is 18.0 Å². The molecule has 3 N–H and O–H groups in total. The summed E-state index contributed by atoms with van der Waals surface area (Å²) in [6.45, 7) is 2.10. The molecule has 90 valence electrons. The molecular weight excluding hydrogens is 208 g/mol. The van der Waals surface area contributed by atoms with Gasteiger partial charge in [-0.3, -0.25) is 4.79 Å². The molecule has 0 bridgehead atoms. The summed E-state index contributed by atoms with van der Waals surface area (Å²) in [5.41, 5.74) is 0. The predicted octanol–water partition coefficient (Wildman–Crippen LogP) is 0.947. The van der Waals surface area contributed by atoms with Gasteiger partial charge in [0.25, 0.3) is 0 Å². The molecule has 2 aliphatic carbocycles. The van der Waals surface area contributed by atoms with Crippen molar-refractivity contribution >= 4 is 12.0 Å². The second-order valence-corrected chi connectivity index (χ2v) is 4.98. The van der Waals surface area contributed by atoms with Crippen LogP contribution in [0.15, 0.2) is 0 Å². The van der Waals surface area contributed by atoms with Crippen molar-refractivity contribution in [2.24, 2.45) is 11.8 Å². The average molecular weight is 226 g/mol. The Labute approximate surface area is 94.6 Å². The molecule has 2 fully saturated rings. The molecule has 5 nitrogen and oxygen atoms in total. The van der Waals surface area contributed by atoms with Crippen LogP contribution in [0.2, 0.25) is 0 Å². The Kier molecular flexibility index (Phi) is 3.03. The lowest BCUT2D eigenvalue weighted by Gasteiger charge is -2.13. The highest BCUT2D eigenvalue weighted by molar-refractivity contribution is 5.75. The van der Waals surface area contributed by atoms with Crippen molar-refractivity contribution in [3.63, 3.8) is 0 Å². The van der Waals surface area contributed by atoms with Crippen molar-refractivity contribution in [3.8, 4) is 0 Å². The molecule has 0 heterocycles. The molecule has 4 unspecified atom stereocenters. The van der Waals surface area contributed by atoms with Gasteiger partial charge < -0.3 is 15.7 Å². The molecule has 2 rings (SSSR count). The predicted molar refractivity (Wildman–Crippen MR) is 58.0 cm³/mol. The van der Waals surface area contributed by atoms with Gasteiger partial charge in [-0.05, 0) is 31.6 Å². The summed E-state index contributed by atoms with van der Waals surface area (Å²) >= 11 is 0. The lowest BCUT2D eigenvalue weighted by atomic mass is 10.1. The minimum atomic E-state index is -0.750. The number of carbonyl (C=O) groups is 2. The van der Waals surface area contributed by atoms with Crippen molar-refractivity contribution in [2.75, 3.05) is 0 Å². The molecule has 0 radical (unpaired) electrons. The summed E-state index contributed by atoms with van der Waals surface area (Å²) in [6.07, 6.45) is 3.05. The number of carboxylic acids is 1. The fourth-order valence-electron chi connectivity index (χ4n) is 2.26. The molecule has 0 aromatic heterocycles. The van der Waals surface area contributed by atoms with Crippen LogP contribution < -0.4 is 10.6 Å². The standard InChI is InChI=1S/C11H18N2O3/c1-6-4-9(6)13-11(16)12-8-3-2-7(5-8)10(14)15/h6-9H,2-5H2,1H3,(H,14,15)(H2,12,13,16). The van der Waals surface area contributed by atoms with Gasteiger partial charge in [0.15, 0.2) is 0 Å². The van der Waals surface area contributed by atoms with Crippen molar-refractivity contribution in [3.05, 3.63) is 0 Å². The lowest BCUT2D eigenvalue weighted by Crippen LogP contribution is -2.42. The van der Waals surface area contributed by atoms with Crippen molar-refractivity contribution in [1.29, 1.82) is 0 Å². The van der Waals surface area contributed by atoms with Crippen molar-refractivity contribution in [2.45, 2.75) is 44.7 Å². The first kappa shape index (κ1) is 11.2. The summed E-state index contributed by atoms with van der Waals surface area (Å²) in [4.78, 5) is 22.2. The van der Waals surface area contributed by atoms with Gasteiger partial charge in [-0.1, -0.05) is 6.92 Å². The van der Waals surface area contributed by atoms with Crippen molar-refractivity contribution in [1.82, 2.24) is 10.6 Å². The molecular formula is C11H18N2O3. The topological polar surface area (TPSA) is 78.4 Å². The van der Waals surface area contributed by atoms with Crippen LogP contribution in [0.1, 0.15) is 32.6 Å². The molecule has 4 atom stereocenters. The van der Waals surface area contributed by atoms with E-state index >= 15 is 0 Å². The van der Waals surface area contributed by atoms with Gasteiger partial charge in [-0.25, -0.2) is 4.79 Å². The molecule has 0 aliphatic heterocycles. The maximum Gasteiger partial charge on any atom is 0.315 e.